The van der Waals surface area contributed by atoms with Gasteiger partial charge in [-0.05, 0) is 11.1 Å². The number of hydrogen-bond donors (Lipinski definition) is 0. The monoisotopic (exact) mass is 378 g/mol. The number of benzene rings is 2. The van der Waals surface area contributed by atoms with Crippen LogP contribution in [0.15, 0.2) is 72.4 Å². The van der Waals surface area contributed by atoms with Gasteiger partial charge in [0.2, 0.25) is 0 Å². The molecule has 0 saturated carbocycles. The maximum atomic E-state index is 12.9. The predicted molar refractivity (Wildman–Crippen MR) is 104 cm³/mol. The molecular formula is C22H22N2O4. The standard InChI is InChI=1S/C22H22N2O4/c1-23(2)14-18-20(25)19(13-16-9-5-3-6-10-16)24(21(18)26)22(27)28-15-17-11-7-4-8-12-17/h3-12,14,19H,13,15H2,1-2H3. The van der Waals surface area contributed by atoms with Crippen LogP contribution in [0.2, 0.25) is 0 Å². The van der Waals surface area contributed by atoms with Gasteiger partial charge in [-0.15, -0.1) is 0 Å². The molecule has 0 spiro atoms. The summed E-state index contributed by atoms with van der Waals surface area (Å²) in [6.45, 7) is 0.0302. The molecule has 6 heteroatoms. The lowest BCUT2D eigenvalue weighted by Gasteiger charge is -2.20. The van der Waals surface area contributed by atoms with Crippen molar-refractivity contribution in [3.63, 3.8) is 0 Å². The maximum Gasteiger partial charge on any atom is 0.417 e. The average molecular weight is 378 g/mol. The molecule has 2 aromatic rings. The summed E-state index contributed by atoms with van der Waals surface area (Å²) in [5.41, 5.74) is 1.65. The third-order valence-corrected chi connectivity index (χ3v) is 4.39. The van der Waals surface area contributed by atoms with Crippen LogP contribution < -0.4 is 0 Å². The Labute approximate surface area is 164 Å². The molecule has 1 saturated heterocycles. The molecule has 0 aromatic heterocycles. The van der Waals surface area contributed by atoms with E-state index in [1.54, 1.807) is 19.0 Å². The highest BCUT2D eigenvalue weighted by molar-refractivity contribution is 6.29. The van der Waals surface area contributed by atoms with Crippen molar-refractivity contribution < 1.29 is 19.1 Å². The summed E-state index contributed by atoms with van der Waals surface area (Å²) >= 11 is 0. The first-order chi connectivity index (χ1) is 13.5. The van der Waals surface area contributed by atoms with Crippen LogP contribution in [0.5, 0.6) is 0 Å². The fourth-order valence-corrected chi connectivity index (χ4v) is 3.07. The van der Waals surface area contributed by atoms with E-state index < -0.39 is 18.0 Å². The normalized spacial score (nSPS) is 17.9. The molecule has 1 atom stereocenters. The summed E-state index contributed by atoms with van der Waals surface area (Å²) in [4.78, 5) is 40.9. The molecule has 1 aliphatic heterocycles. The van der Waals surface area contributed by atoms with Gasteiger partial charge < -0.3 is 9.64 Å². The van der Waals surface area contributed by atoms with E-state index in [0.29, 0.717) is 0 Å². The van der Waals surface area contributed by atoms with Gasteiger partial charge in [0.05, 0.1) is 0 Å². The van der Waals surface area contributed by atoms with E-state index in [-0.39, 0.29) is 24.4 Å². The van der Waals surface area contributed by atoms with E-state index in [2.05, 4.69) is 0 Å². The fourth-order valence-electron chi connectivity index (χ4n) is 3.07. The topological polar surface area (TPSA) is 66.9 Å². The number of carbonyl (C=O) groups excluding carboxylic acids is 3. The lowest BCUT2D eigenvalue weighted by molar-refractivity contribution is -0.125. The number of likely N-dealkylation sites (tertiary alicyclic amines) is 1. The number of amides is 2. The molecule has 1 fully saturated rings. The minimum Gasteiger partial charge on any atom is -0.444 e. The van der Waals surface area contributed by atoms with Gasteiger partial charge in [0, 0.05) is 26.7 Å². The predicted octanol–water partition coefficient (Wildman–Crippen LogP) is 2.79. The van der Waals surface area contributed by atoms with Crippen molar-refractivity contribution in [1.82, 2.24) is 9.80 Å². The van der Waals surface area contributed by atoms with Gasteiger partial charge in [-0.1, -0.05) is 60.7 Å². The maximum absolute atomic E-state index is 12.9. The number of nitrogens with zero attached hydrogens (tertiary/aromatic N) is 2. The largest absolute Gasteiger partial charge is 0.444 e. The third kappa shape index (κ3) is 4.28. The minimum atomic E-state index is -0.913. The summed E-state index contributed by atoms with van der Waals surface area (Å²) in [5.74, 6) is -1.00. The zero-order valence-electron chi connectivity index (χ0n) is 15.9. The smallest absolute Gasteiger partial charge is 0.417 e. The number of Topliss-reactive ketones (excluding diaryl/α,β-unsaturated/α-hetero) is 1. The highest BCUT2D eigenvalue weighted by Crippen LogP contribution is 2.25. The lowest BCUT2D eigenvalue weighted by Crippen LogP contribution is -2.42. The van der Waals surface area contributed by atoms with Crippen LogP contribution in [-0.2, 0) is 27.4 Å². The van der Waals surface area contributed by atoms with E-state index in [1.165, 1.54) is 6.20 Å². The highest BCUT2D eigenvalue weighted by Gasteiger charge is 2.47. The van der Waals surface area contributed by atoms with Crippen molar-refractivity contribution in [2.24, 2.45) is 0 Å². The Balaban J connectivity index is 1.84. The second-order valence-corrected chi connectivity index (χ2v) is 6.79. The van der Waals surface area contributed by atoms with Crippen LogP contribution in [0.3, 0.4) is 0 Å². The molecule has 0 radical (unpaired) electrons. The zero-order valence-corrected chi connectivity index (χ0v) is 15.9. The SMILES string of the molecule is CN(C)C=C1C(=O)C(Cc2ccccc2)N(C(=O)OCc2ccccc2)C1=O. The Bertz CT molecular complexity index is 891. The van der Waals surface area contributed by atoms with Crippen LogP contribution in [0.1, 0.15) is 11.1 Å². The van der Waals surface area contributed by atoms with Crippen LogP contribution in [-0.4, -0.2) is 47.7 Å². The molecule has 0 bridgehead atoms. The van der Waals surface area contributed by atoms with Crippen molar-refractivity contribution in [2.75, 3.05) is 14.1 Å². The number of ether oxygens (including phenoxy) is 1. The summed E-state index contributed by atoms with van der Waals surface area (Å²) in [6, 6.07) is 17.6. The molecule has 6 nitrogen and oxygen atoms in total. The van der Waals surface area contributed by atoms with Crippen LogP contribution >= 0.6 is 0 Å². The van der Waals surface area contributed by atoms with Crippen LogP contribution in [0, 0.1) is 0 Å². The van der Waals surface area contributed by atoms with E-state index in [4.69, 9.17) is 4.74 Å². The van der Waals surface area contributed by atoms with Gasteiger partial charge in [-0.25, -0.2) is 9.69 Å². The van der Waals surface area contributed by atoms with E-state index in [0.717, 1.165) is 16.0 Å². The first-order valence-electron chi connectivity index (χ1n) is 8.98. The van der Waals surface area contributed by atoms with E-state index >= 15 is 0 Å². The summed E-state index contributed by atoms with van der Waals surface area (Å²) in [7, 11) is 3.44. The third-order valence-electron chi connectivity index (χ3n) is 4.39. The molecule has 2 aromatic carbocycles. The van der Waals surface area contributed by atoms with E-state index in [9.17, 15) is 14.4 Å². The van der Waals surface area contributed by atoms with Crippen molar-refractivity contribution in [3.8, 4) is 0 Å². The number of rotatable bonds is 5. The molecule has 2 amide bonds. The first-order valence-corrected chi connectivity index (χ1v) is 8.98. The second kappa shape index (κ2) is 8.52. The molecule has 1 unspecified atom stereocenters. The summed E-state index contributed by atoms with van der Waals surface area (Å²) in [5, 5.41) is 0. The molecule has 28 heavy (non-hydrogen) atoms. The summed E-state index contributed by atoms with van der Waals surface area (Å²) < 4.78 is 5.33. The Hall–Kier alpha value is -3.41. The Morgan fingerprint density at radius 3 is 2.14 bits per heavy atom. The number of hydrogen-bond acceptors (Lipinski definition) is 5. The van der Waals surface area contributed by atoms with Gasteiger partial charge in [0.15, 0.2) is 5.78 Å². The minimum absolute atomic E-state index is 0.0115. The van der Waals surface area contributed by atoms with Crippen LogP contribution in [0.25, 0.3) is 0 Å². The lowest BCUT2D eigenvalue weighted by atomic mass is 10.0. The molecular weight excluding hydrogens is 356 g/mol. The van der Waals surface area contributed by atoms with E-state index in [1.807, 2.05) is 60.7 Å². The number of ketones is 1. The molecule has 0 N–H and O–H groups in total. The quantitative estimate of drug-likeness (QED) is 0.591. The van der Waals surface area contributed by atoms with Crippen molar-refractivity contribution >= 4 is 17.8 Å². The molecule has 1 heterocycles. The summed E-state index contributed by atoms with van der Waals surface area (Å²) in [6.07, 6.45) is 0.884. The number of imide groups is 1. The van der Waals surface area contributed by atoms with Gasteiger partial charge in [0.25, 0.3) is 5.91 Å². The second-order valence-electron chi connectivity index (χ2n) is 6.79. The van der Waals surface area contributed by atoms with Gasteiger partial charge in [-0.2, -0.15) is 0 Å². The Morgan fingerprint density at radius 2 is 1.57 bits per heavy atom. The fraction of sp³-hybridized carbons (Fsp3) is 0.227. The number of carbonyl (C=O) groups is 3. The van der Waals surface area contributed by atoms with Gasteiger partial charge in [0.1, 0.15) is 18.2 Å². The molecule has 144 valence electrons. The molecule has 3 rings (SSSR count). The van der Waals surface area contributed by atoms with Gasteiger partial charge >= 0.3 is 6.09 Å². The zero-order chi connectivity index (χ0) is 20.1. The Kier molecular flexibility index (Phi) is 5.89. The van der Waals surface area contributed by atoms with Crippen molar-refractivity contribution in [3.05, 3.63) is 83.6 Å². The molecule has 0 aliphatic carbocycles. The highest BCUT2D eigenvalue weighted by atomic mass is 16.6. The Morgan fingerprint density at radius 1 is 1.00 bits per heavy atom. The van der Waals surface area contributed by atoms with Gasteiger partial charge in [-0.3, -0.25) is 9.59 Å². The molecule has 1 aliphatic rings. The first kappa shape index (κ1) is 19.4. The van der Waals surface area contributed by atoms with Crippen molar-refractivity contribution in [1.29, 1.82) is 0 Å². The van der Waals surface area contributed by atoms with Crippen LogP contribution in [0.4, 0.5) is 4.79 Å². The van der Waals surface area contributed by atoms with Crippen molar-refractivity contribution in [2.45, 2.75) is 19.1 Å². The average Bonchev–Trinajstić information content (AvgIpc) is 2.92.